The molecule has 0 saturated carbocycles. The maximum absolute atomic E-state index is 12.8. The third-order valence-electron chi connectivity index (χ3n) is 4.89. The van der Waals surface area contributed by atoms with Crippen molar-refractivity contribution in [2.24, 2.45) is 5.16 Å². The fourth-order valence-electron chi connectivity index (χ4n) is 3.53. The molecule has 0 bridgehead atoms. The minimum atomic E-state index is -1.24. The van der Waals surface area contributed by atoms with Crippen LogP contribution in [0.2, 0.25) is 4.34 Å². The van der Waals surface area contributed by atoms with E-state index in [4.69, 9.17) is 17.3 Å². The summed E-state index contributed by atoms with van der Waals surface area (Å²) >= 11 is 8.06. The Bertz CT molecular complexity index is 1170. The number of nitrogens with one attached hydrogen (secondary N) is 1. The van der Waals surface area contributed by atoms with Gasteiger partial charge in [0.1, 0.15) is 26.8 Å². The summed E-state index contributed by atoms with van der Waals surface area (Å²) in [4.78, 5) is 47.1. The van der Waals surface area contributed by atoms with Gasteiger partial charge in [0.15, 0.2) is 10.8 Å². The molecule has 4 heterocycles. The highest BCUT2D eigenvalue weighted by Crippen LogP contribution is 2.42. The van der Waals surface area contributed by atoms with Crippen molar-refractivity contribution in [3.8, 4) is 0 Å². The maximum Gasteiger partial charge on any atom is 0.353 e. The fourth-order valence-corrected chi connectivity index (χ4v) is 5.48. The van der Waals surface area contributed by atoms with Gasteiger partial charge in [0, 0.05) is 11.1 Å². The van der Waals surface area contributed by atoms with E-state index < -0.39 is 35.6 Å². The Balaban J connectivity index is 1.53. The van der Waals surface area contributed by atoms with Crippen molar-refractivity contribution in [1.82, 2.24) is 20.2 Å². The number of pyridine rings is 1. The van der Waals surface area contributed by atoms with Crippen LogP contribution in [0.15, 0.2) is 45.2 Å². The van der Waals surface area contributed by atoms with Crippen LogP contribution in [-0.2, 0) is 14.4 Å². The standard InChI is InChI=1S/C18H15ClN6O5S2/c19-14-11(23-18(20)32-14)12(24-30)15(26)22-10-7-4-5-8(31-9-3-1-2-6-21-9)13(17(28)29)25(7)16(10)27/h1-3,6-7,10,30H,4-5H2,(H2,20,23)(H,22,26)(H,28,29)/b24-12-. The third kappa shape index (κ3) is 3.89. The Hall–Kier alpha value is -3.16. The second-order valence-electron chi connectivity index (χ2n) is 6.74. The van der Waals surface area contributed by atoms with Crippen molar-refractivity contribution in [2.45, 2.75) is 30.0 Å². The highest BCUT2D eigenvalue weighted by atomic mass is 35.5. The van der Waals surface area contributed by atoms with E-state index in [1.54, 1.807) is 24.4 Å². The molecule has 1 fully saturated rings. The number of carbonyl (C=O) groups is 3. The van der Waals surface area contributed by atoms with Crippen molar-refractivity contribution in [2.75, 3.05) is 5.73 Å². The topological polar surface area (TPSA) is 171 Å². The summed E-state index contributed by atoms with van der Waals surface area (Å²) in [7, 11) is 0. The van der Waals surface area contributed by atoms with Crippen LogP contribution in [0.4, 0.5) is 5.13 Å². The number of allylic oxidation sites excluding steroid dienone is 1. The first kappa shape index (κ1) is 22.0. The zero-order valence-corrected chi connectivity index (χ0v) is 18.4. The number of oxime groups is 1. The van der Waals surface area contributed by atoms with Gasteiger partial charge in [-0.15, -0.1) is 0 Å². The quantitative estimate of drug-likeness (QED) is 0.201. The number of nitrogens with zero attached hydrogens (tertiary/aromatic N) is 4. The molecule has 0 aliphatic carbocycles. The molecule has 2 unspecified atom stereocenters. The van der Waals surface area contributed by atoms with Crippen molar-refractivity contribution < 1.29 is 24.7 Å². The molecular formula is C18H15ClN6O5S2. The lowest BCUT2D eigenvalue weighted by atomic mass is 9.86. The van der Waals surface area contributed by atoms with Crippen LogP contribution in [0.3, 0.4) is 0 Å². The van der Waals surface area contributed by atoms with Gasteiger partial charge in [-0.1, -0.05) is 45.9 Å². The van der Waals surface area contributed by atoms with Crippen molar-refractivity contribution in [3.63, 3.8) is 0 Å². The van der Waals surface area contributed by atoms with Gasteiger partial charge in [-0.3, -0.25) is 14.5 Å². The minimum Gasteiger partial charge on any atom is -0.477 e. The predicted molar refractivity (Wildman–Crippen MR) is 116 cm³/mol. The Morgan fingerprint density at radius 1 is 1.41 bits per heavy atom. The number of hydrogen-bond acceptors (Lipinski definition) is 10. The van der Waals surface area contributed by atoms with Crippen molar-refractivity contribution in [3.05, 3.63) is 45.0 Å². The van der Waals surface area contributed by atoms with E-state index >= 15 is 0 Å². The van der Waals surface area contributed by atoms with Gasteiger partial charge in [0.05, 0.1) is 6.04 Å². The Labute approximate surface area is 194 Å². The largest absolute Gasteiger partial charge is 0.477 e. The molecular weight excluding hydrogens is 480 g/mol. The molecule has 0 spiro atoms. The van der Waals surface area contributed by atoms with Crippen LogP contribution in [0.5, 0.6) is 0 Å². The molecule has 1 saturated heterocycles. The van der Waals surface area contributed by atoms with Crippen LogP contribution in [0.1, 0.15) is 18.5 Å². The number of nitrogen functional groups attached to an aromatic ring is 1. The van der Waals surface area contributed by atoms with E-state index in [1.807, 2.05) is 0 Å². The molecule has 0 aromatic carbocycles. The lowest BCUT2D eigenvalue weighted by Crippen LogP contribution is -2.72. The summed E-state index contributed by atoms with van der Waals surface area (Å²) in [6.45, 7) is 0. The first-order chi connectivity index (χ1) is 15.3. The van der Waals surface area contributed by atoms with Crippen LogP contribution in [0.25, 0.3) is 0 Å². The molecule has 14 heteroatoms. The molecule has 4 rings (SSSR count). The van der Waals surface area contributed by atoms with Crippen molar-refractivity contribution >= 4 is 63.3 Å². The summed E-state index contributed by atoms with van der Waals surface area (Å²) in [5, 5.41) is 25.1. The number of halogens is 1. The first-order valence-electron chi connectivity index (χ1n) is 9.15. The molecule has 166 valence electrons. The molecule has 2 aliphatic rings. The summed E-state index contributed by atoms with van der Waals surface area (Å²) < 4.78 is 0.0527. The van der Waals surface area contributed by atoms with Gasteiger partial charge in [-0.05, 0) is 25.0 Å². The molecule has 5 N–H and O–H groups in total. The molecule has 2 atom stereocenters. The number of amides is 2. The van der Waals surface area contributed by atoms with Gasteiger partial charge < -0.3 is 21.4 Å². The van der Waals surface area contributed by atoms with Gasteiger partial charge in [0.25, 0.3) is 11.8 Å². The van der Waals surface area contributed by atoms with Gasteiger partial charge in [0.2, 0.25) is 0 Å². The number of aliphatic carboxylic acids is 1. The Morgan fingerprint density at radius 3 is 2.78 bits per heavy atom. The number of fused-ring (bicyclic) bond motifs is 1. The first-order valence-corrected chi connectivity index (χ1v) is 11.2. The van der Waals surface area contributed by atoms with E-state index in [-0.39, 0.29) is 20.9 Å². The molecule has 2 aliphatic heterocycles. The molecule has 2 aromatic heterocycles. The molecule has 32 heavy (non-hydrogen) atoms. The monoisotopic (exact) mass is 494 g/mol. The zero-order valence-electron chi connectivity index (χ0n) is 16.1. The molecule has 11 nitrogen and oxygen atoms in total. The number of carboxylic acid groups (broad SMARTS) is 1. The summed E-state index contributed by atoms with van der Waals surface area (Å²) in [5.74, 6) is -2.71. The predicted octanol–water partition coefficient (Wildman–Crippen LogP) is 1.53. The number of thioether (sulfide) groups is 1. The average Bonchev–Trinajstić information content (AvgIpc) is 3.10. The molecule has 0 radical (unpaired) electrons. The number of rotatable bonds is 6. The Kier molecular flexibility index (Phi) is 6.04. The molecule has 2 aromatic rings. The van der Waals surface area contributed by atoms with E-state index in [0.717, 1.165) is 11.3 Å². The average molecular weight is 495 g/mol. The summed E-state index contributed by atoms with van der Waals surface area (Å²) in [5.41, 5.74) is 4.83. The normalized spacial score (nSPS) is 20.6. The summed E-state index contributed by atoms with van der Waals surface area (Å²) in [6, 6.07) is 3.74. The Morgan fingerprint density at radius 2 is 2.19 bits per heavy atom. The number of nitrogens with two attached hydrogens (primary N) is 1. The van der Waals surface area contributed by atoms with Crippen LogP contribution >= 0.6 is 34.7 Å². The lowest BCUT2D eigenvalue weighted by molar-refractivity contribution is -0.155. The second kappa shape index (κ2) is 8.76. The van der Waals surface area contributed by atoms with Crippen molar-refractivity contribution in [1.29, 1.82) is 0 Å². The number of anilines is 1. The maximum atomic E-state index is 12.8. The fraction of sp³-hybridized carbons (Fsp3) is 0.222. The SMILES string of the molecule is Nc1nc(/C(=N/O)C(=O)NC2C(=O)N3C(C(=O)O)=C(Sc4ccccn4)CCC23)c(Cl)s1. The number of thiazole rings is 1. The summed E-state index contributed by atoms with van der Waals surface area (Å²) in [6.07, 6.45) is 2.41. The number of carboxylic acids is 1. The van der Waals surface area contributed by atoms with Gasteiger partial charge in [-0.25, -0.2) is 14.8 Å². The number of carbonyl (C=O) groups excluding carboxylic acids is 2. The van der Waals surface area contributed by atoms with Crippen LogP contribution in [-0.4, -0.2) is 60.8 Å². The van der Waals surface area contributed by atoms with E-state index in [2.05, 4.69) is 20.4 Å². The second-order valence-corrected chi connectivity index (χ2v) is 9.48. The number of aromatic nitrogens is 2. The van der Waals surface area contributed by atoms with E-state index in [9.17, 15) is 24.7 Å². The highest BCUT2D eigenvalue weighted by molar-refractivity contribution is 8.03. The number of β-lactam (4-membered cyclic amide) rings is 1. The van der Waals surface area contributed by atoms with Crippen LogP contribution < -0.4 is 11.1 Å². The number of hydrogen-bond donors (Lipinski definition) is 4. The zero-order chi connectivity index (χ0) is 23.0. The minimum absolute atomic E-state index is 0.0527. The third-order valence-corrected chi connectivity index (χ3v) is 7.07. The smallest absolute Gasteiger partial charge is 0.353 e. The van der Waals surface area contributed by atoms with Crippen LogP contribution in [0, 0.1) is 0 Å². The van der Waals surface area contributed by atoms with E-state index in [0.29, 0.717) is 22.8 Å². The molecule has 2 amide bonds. The van der Waals surface area contributed by atoms with E-state index in [1.165, 1.54) is 16.7 Å². The van der Waals surface area contributed by atoms with Gasteiger partial charge >= 0.3 is 5.97 Å². The van der Waals surface area contributed by atoms with Gasteiger partial charge in [-0.2, -0.15) is 0 Å². The lowest BCUT2D eigenvalue weighted by Gasteiger charge is -2.50. The highest BCUT2D eigenvalue weighted by Gasteiger charge is 2.54.